The van der Waals surface area contributed by atoms with Crippen LogP contribution in [0.1, 0.15) is 153 Å². The third-order valence-corrected chi connectivity index (χ3v) is 8.38. The van der Waals surface area contributed by atoms with Crippen LogP contribution in [0, 0.1) is 0 Å². The summed E-state index contributed by atoms with van der Waals surface area (Å²) in [5.74, 6) is -6.05. The summed E-state index contributed by atoms with van der Waals surface area (Å²) in [6.07, 6.45) is 13.7. The lowest BCUT2D eigenvalue weighted by molar-refractivity contribution is -0.507. The molecule has 0 saturated carbocycles. The van der Waals surface area contributed by atoms with Gasteiger partial charge in [-0.05, 0) is 82.1 Å². The average molecular weight is 710 g/mol. The van der Waals surface area contributed by atoms with Crippen molar-refractivity contribution in [2.75, 3.05) is 66.1 Å². The van der Waals surface area contributed by atoms with E-state index in [2.05, 4.69) is 0 Å². The summed E-state index contributed by atoms with van der Waals surface area (Å²) in [7, 11) is 0. The van der Waals surface area contributed by atoms with Crippen LogP contribution in [-0.2, 0) is 47.4 Å². The predicted molar refractivity (Wildman–Crippen MR) is 195 cm³/mol. The lowest BCUT2D eigenvalue weighted by Crippen LogP contribution is -2.80. The van der Waals surface area contributed by atoms with E-state index in [0.717, 1.165) is 38.5 Å². The first kappa shape index (κ1) is 48.6. The third kappa shape index (κ3) is 15.6. The summed E-state index contributed by atoms with van der Waals surface area (Å²) in [5.41, 5.74) is 6.94. The number of hydrogen-bond acceptors (Lipinski definition) is 11. The Bertz CT molecular complexity index is 708. The molecule has 0 aromatic rings. The highest BCUT2D eigenvalue weighted by Crippen LogP contribution is 2.46. The maximum Gasteiger partial charge on any atom is 0.298 e. The topological polar surface area (TPSA) is 118 Å². The zero-order valence-corrected chi connectivity index (χ0v) is 33.5. The molecule has 0 radical (unpaired) electrons. The molecule has 0 rings (SSSR count). The molecule has 0 aliphatic carbocycles. The molecule has 0 aromatic heterocycles. The lowest BCUT2D eigenvalue weighted by Gasteiger charge is -2.56. The van der Waals surface area contributed by atoms with Crippen molar-refractivity contribution in [3.05, 3.63) is 0 Å². The largest absolute Gasteiger partial charge is 0.373 e. The van der Waals surface area contributed by atoms with E-state index in [-0.39, 0.29) is 26.4 Å². The summed E-state index contributed by atoms with van der Waals surface area (Å²) in [6.45, 7) is 23.1. The fourth-order valence-corrected chi connectivity index (χ4v) is 6.66. The highest BCUT2D eigenvalue weighted by Gasteiger charge is 2.72. The molecule has 2 N–H and O–H groups in total. The first-order valence-electron chi connectivity index (χ1n) is 19.9. The van der Waals surface area contributed by atoms with Crippen molar-refractivity contribution in [3.63, 3.8) is 0 Å². The second-order valence-electron chi connectivity index (χ2n) is 11.9. The van der Waals surface area contributed by atoms with Gasteiger partial charge < -0.3 is 47.4 Å². The molecule has 0 aliphatic heterocycles. The average Bonchev–Trinajstić information content (AvgIpc) is 3.06. The van der Waals surface area contributed by atoms with E-state index in [0.29, 0.717) is 46.1 Å². The summed E-state index contributed by atoms with van der Waals surface area (Å²) >= 11 is 0. The normalized spacial score (nSPS) is 13.8. The molecule has 49 heavy (non-hydrogen) atoms. The molecule has 0 spiro atoms. The summed E-state index contributed by atoms with van der Waals surface area (Å²) in [4.78, 5) is 0. The first-order chi connectivity index (χ1) is 23.7. The van der Waals surface area contributed by atoms with Crippen molar-refractivity contribution >= 4 is 0 Å². The minimum atomic E-state index is -1.83. The van der Waals surface area contributed by atoms with Gasteiger partial charge in [-0.25, -0.2) is 0 Å². The van der Waals surface area contributed by atoms with Gasteiger partial charge in [-0.2, -0.15) is 0 Å². The fourth-order valence-electron chi connectivity index (χ4n) is 6.66. The van der Waals surface area contributed by atoms with Crippen molar-refractivity contribution in [1.29, 1.82) is 0 Å². The maximum atomic E-state index is 6.94. The monoisotopic (exact) mass is 710 g/mol. The summed E-state index contributed by atoms with van der Waals surface area (Å²) < 4.78 is 62.2. The molecular weight excluding hydrogens is 630 g/mol. The van der Waals surface area contributed by atoms with E-state index in [1.165, 1.54) is 38.5 Å². The lowest BCUT2D eigenvalue weighted by atomic mass is 9.90. The minimum Gasteiger partial charge on any atom is -0.373 e. The van der Waals surface area contributed by atoms with Gasteiger partial charge in [-0.15, -0.1) is 0 Å². The molecule has 0 bridgehead atoms. The molecular formula is C38H79NO10. The standard InChI is InChI=1S/C38H79NO10/c1-11-40-34(36(44-15-5,45-16-6)37(46-17-7,47-18-8)38(39,48-19-9)49-20-10)32-30-28-26-24-22-21-23-25-27-29-31-33-35(41-12-2,42-13-3)43-14-4/h34H,11-33,39H2,1-10H3. The molecule has 0 heterocycles. The van der Waals surface area contributed by atoms with E-state index < -0.39 is 29.6 Å². The van der Waals surface area contributed by atoms with E-state index in [9.17, 15) is 0 Å². The number of nitrogens with two attached hydrogens (primary N) is 1. The van der Waals surface area contributed by atoms with E-state index in [1.54, 1.807) is 0 Å². The van der Waals surface area contributed by atoms with Gasteiger partial charge in [-0.3, -0.25) is 5.73 Å². The van der Waals surface area contributed by atoms with E-state index >= 15 is 0 Å². The fraction of sp³-hybridized carbons (Fsp3) is 1.00. The molecule has 11 nitrogen and oxygen atoms in total. The SMILES string of the molecule is CCOC(CCCCCCCCCCCCCC(OCC)(OCC)OCC)C(OCC)(OCC)C(OCC)(OCC)C(N)(OCC)OCC. The Balaban J connectivity index is 5.25. The molecule has 0 amide bonds. The van der Waals surface area contributed by atoms with Crippen molar-refractivity contribution in [2.24, 2.45) is 5.73 Å². The van der Waals surface area contributed by atoms with Crippen molar-refractivity contribution < 1.29 is 47.4 Å². The summed E-state index contributed by atoms with van der Waals surface area (Å²) in [5, 5.41) is 0. The Labute approximate surface area is 301 Å². The maximum absolute atomic E-state index is 6.94. The highest BCUT2D eigenvalue weighted by atomic mass is 16.9. The van der Waals surface area contributed by atoms with Gasteiger partial charge >= 0.3 is 0 Å². The molecule has 296 valence electrons. The third-order valence-electron chi connectivity index (χ3n) is 8.38. The Morgan fingerprint density at radius 3 is 1.08 bits per heavy atom. The second kappa shape index (κ2) is 29.1. The Hall–Kier alpha value is -0.440. The number of unbranched alkanes of at least 4 members (excludes halogenated alkanes) is 10. The molecule has 0 aliphatic rings. The summed E-state index contributed by atoms with van der Waals surface area (Å²) in [6, 6.07) is 0. The van der Waals surface area contributed by atoms with Crippen LogP contribution in [0.4, 0.5) is 0 Å². The van der Waals surface area contributed by atoms with Gasteiger partial charge in [0.25, 0.3) is 23.5 Å². The van der Waals surface area contributed by atoms with Gasteiger partial charge in [0.1, 0.15) is 6.10 Å². The van der Waals surface area contributed by atoms with Crippen molar-refractivity contribution in [1.82, 2.24) is 0 Å². The first-order valence-corrected chi connectivity index (χ1v) is 19.9. The van der Waals surface area contributed by atoms with Crippen LogP contribution in [0.2, 0.25) is 0 Å². The van der Waals surface area contributed by atoms with Crippen LogP contribution in [0.5, 0.6) is 0 Å². The van der Waals surface area contributed by atoms with Gasteiger partial charge in [0, 0.05) is 72.5 Å². The van der Waals surface area contributed by atoms with Crippen molar-refractivity contribution in [3.8, 4) is 0 Å². The number of rotatable bonds is 37. The molecule has 1 unspecified atom stereocenters. The van der Waals surface area contributed by atoms with E-state index in [4.69, 9.17) is 53.1 Å². The number of hydrogen-bond donors (Lipinski definition) is 1. The Kier molecular flexibility index (Phi) is 28.8. The molecule has 0 saturated heterocycles. The second-order valence-corrected chi connectivity index (χ2v) is 11.9. The Morgan fingerprint density at radius 2 is 0.735 bits per heavy atom. The van der Waals surface area contributed by atoms with Crippen LogP contribution in [-0.4, -0.2) is 95.6 Å². The minimum absolute atomic E-state index is 0.260. The smallest absolute Gasteiger partial charge is 0.298 e. The van der Waals surface area contributed by atoms with Crippen LogP contribution in [0.25, 0.3) is 0 Å². The van der Waals surface area contributed by atoms with Crippen LogP contribution >= 0.6 is 0 Å². The molecule has 1 atom stereocenters. The van der Waals surface area contributed by atoms with Gasteiger partial charge in [0.15, 0.2) is 0 Å². The zero-order valence-electron chi connectivity index (χ0n) is 33.5. The highest BCUT2D eigenvalue weighted by molar-refractivity contribution is 5.04. The predicted octanol–water partition coefficient (Wildman–Crippen LogP) is 8.45. The quantitative estimate of drug-likeness (QED) is 0.0494. The zero-order chi connectivity index (χ0) is 36.9. The van der Waals surface area contributed by atoms with Gasteiger partial charge in [0.05, 0.1) is 0 Å². The van der Waals surface area contributed by atoms with Crippen LogP contribution in [0.3, 0.4) is 0 Å². The van der Waals surface area contributed by atoms with E-state index in [1.807, 2.05) is 69.2 Å². The molecule has 0 aromatic carbocycles. The van der Waals surface area contributed by atoms with Crippen LogP contribution in [0.15, 0.2) is 0 Å². The van der Waals surface area contributed by atoms with Crippen LogP contribution < -0.4 is 5.73 Å². The van der Waals surface area contributed by atoms with Crippen molar-refractivity contribution in [2.45, 2.75) is 182 Å². The molecule has 0 fully saturated rings. The number of ether oxygens (including phenoxy) is 10. The van der Waals surface area contributed by atoms with Gasteiger partial charge in [0.2, 0.25) is 0 Å². The van der Waals surface area contributed by atoms with Gasteiger partial charge in [-0.1, -0.05) is 64.2 Å². The molecule has 11 heteroatoms. The Morgan fingerprint density at radius 1 is 0.388 bits per heavy atom.